The molecule has 2 fully saturated rings. The van der Waals surface area contributed by atoms with Crippen molar-refractivity contribution in [3.05, 3.63) is 35.4 Å². The van der Waals surface area contributed by atoms with E-state index in [1.807, 2.05) is 0 Å². The number of carbonyl (C=O) groups excluding carboxylic acids is 1. The predicted octanol–water partition coefficient (Wildman–Crippen LogP) is 5.33. The van der Waals surface area contributed by atoms with E-state index in [0.29, 0.717) is 11.3 Å². The van der Waals surface area contributed by atoms with Gasteiger partial charge in [-0.05, 0) is 66.9 Å². The maximum atomic E-state index is 10.8. The van der Waals surface area contributed by atoms with Gasteiger partial charge in [0.15, 0.2) is 0 Å². The second-order valence-corrected chi connectivity index (χ2v) is 8.24. The standard InChI is InChI=1S/C20H27NO/c1-19(2,3)16-10-8-15(9-11-16)17-6-4-5-7-18(17)20(12-13-20)21-14-22/h4-7,15-16H,8-13H2,1-3H3. The third-order valence-corrected chi connectivity index (χ3v) is 5.84. The number of hydrogen-bond acceptors (Lipinski definition) is 2. The number of aliphatic imine (C=N–C) groups is 1. The largest absolute Gasteiger partial charge is 0.235 e. The third-order valence-electron chi connectivity index (χ3n) is 5.84. The van der Waals surface area contributed by atoms with Crippen molar-refractivity contribution in [1.82, 2.24) is 0 Å². The molecule has 0 amide bonds. The molecule has 3 rings (SSSR count). The molecular weight excluding hydrogens is 270 g/mol. The molecule has 2 saturated carbocycles. The fourth-order valence-corrected chi connectivity index (χ4v) is 4.19. The van der Waals surface area contributed by atoms with E-state index in [0.717, 1.165) is 18.8 Å². The minimum absolute atomic E-state index is 0.237. The van der Waals surface area contributed by atoms with E-state index < -0.39 is 0 Å². The Morgan fingerprint density at radius 3 is 2.27 bits per heavy atom. The molecule has 2 aliphatic rings. The lowest BCUT2D eigenvalue weighted by Gasteiger charge is -2.37. The lowest BCUT2D eigenvalue weighted by Crippen LogP contribution is -2.25. The van der Waals surface area contributed by atoms with Crippen LogP contribution in [0.2, 0.25) is 0 Å². The molecule has 1 aromatic carbocycles. The summed E-state index contributed by atoms with van der Waals surface area (Å²) in [5.74, 6) is 1.47. The van der Waals surface area contributed by atoms with Crippen LogP contribution in [0.3, 0.4) is 0 Å². The minimum atomic E-state index is -0.237. The first-order chi connectivity index (χ1) is 10.5. The number of hydrogen-bond donors (Lipinski definition) is 0. The summed E-state index contributed by atoms with van der Waals surface area (Å²) < 4.78 is 0. The average Bonchev–Trinajstić information content (AvgIpc) is 3.28. The molecule has 0 N–H and O–H groups in total. The van der Waals surface area contributed by atoms with E-state index in [9.17, 15) is 4.79 Å². The summed E-state index contributed by atoms with van der Waals surface area (Å²) >= 11 is 0. The van der Waals surface area contributed by atoms with E-state index in [4.69, 9.17) is 0 Å². The molecule has 0 spiro atoms. The van der Waals surface area contributed by atoms with Crippen LogP contribution in [-0.2, 0) is 10.3 Å². The highest BCUT2D eigenvalue weighted by atomic mass is 16.1. The molecule has 118 valence electrons. The Balaban J connectivity index is 1.81. The normalized spacial score (nSPS) is 27.0. The Hall–Kier alpha value is -1.40. The molecule has 0 unspecified atom stereocenters. The number of rotatable bonds is 3. The van der Waals surface area contributed by atoms with Gasteiger partial charge in [0, 0.05) is 0 Å². The van der Waals surface area contributed by atoms with Gasteiger partial charge in [0.1, 0.15) is 0 Å². The second kappa shape index (κ2) is 5.66. The average molecular weight is 297 g/mol. The minimum Gasteiger partial charge on any atom is -0.211 e. The van der Waals surface area contributed by atoms with Crippen LogP contribution in [0.25, 0.3) is 0 Å². The highest BCUT2D eigenvalue weighted by molar-refractivity contribution is 5.45. The molecule has 0 saturated heterocycles. The molecular formula is C20H27NO. The third kappa shape index (κ3) is 2.90. The van der Waals surface area contributed by atoms with E-state index >= 15 is 0 Å². The molecule has 0 heterocycles. The Morgan fingerprint density at radius 2 is 1.73 bits per heavy atom. The summed E-state index contributed by atoms with van der Waals surface area (Å²) in [6, 6.07) is 8.66. The highest BCUT2D eigenvalue weighted by Crippen LogP contribution is 2.53. The van der Waals surface area contributed by atoms with Crippen LogP contribution in [-0.4, -0.2) is 6.08 Å². The molecule has 0 aliphatic heterocycles. The van der Waals surface area contributed by atoms with E-state index in [-0.39, 0.29) is 5.54 Å². The number of benzene rings is 1. The van der Waals surface area contributed by atoms with Gasteiger partial charge in [-0.1, -0.05) is 45.0 Å². The van der Waals surface area contributed by atoms with E-state index in [2.05, 4.69) is 50.0 Å². The fraction of sp³-hybridized carbons (Fsp3) is 0.650. The van der Waals surface area contributed by atoms with Crippen LogP contribution in [0.4, 0.5) is 0 Å². The molecule has 0 atom stereocenters. The van der Waals surface area contributed by atoms with Crippen molar-refractivity contribution in [2.45, 2.75) is 70.8 Å². The van der Waals surface area contributed by atoms with Crippen molar-refractivity contribution in [2.24, 2.45) is 16.3 Å². The van der Waals surface area contributed by atoms with Crippen molar-refractivity contribution >= 4 is 6.08 Å². The van der Waals surface area contributed by atoms with Crippen molar-refractivity contribution in [2.75, 3.05) is 0 Å². The molecule has 2 heteroatoms. The molecule has 0 aromatic heterocycles. The Bertz CT molecular complexity index is 580. The SMILES string of the molecule is CC(C)(C)C1CCC(c2ccccc2C2(N=C=O)CC2)CC1. The topological polar surface area (TPSA) is 29.4 Å². The molecule has 0 radical (unpaired) electrons. The van der Waals surface area contributed by atoms with Gasteiger partial charge in [0.05, 0.1) is 5.54 Å². The summed E-state index contributed by atoms with van der Waals surface area (Å²) in [4.78, 5) is 14.9. The zero-order chi connectivity index (χ0) is 15.8. The van der Waals surface area contributed by atoms with Crippen molar-refractivity contribution in [1.29, 1.82) is 0 Å². The smallest absolute Gasteiger partial charge is 0.211 e. The first-order valence-electron chi connectivity index (χ1n) is 8.65. The van der Waals surface area contributed by atoms with Gasteiger partial charge in [-0.3, -0.25) is 0 Å². The second-order valence-electron chi connectivity index (χ2n) is 8.24. The maximum absolute atomic E-state index is 10.8. The first-order valence-corrected chi connectivity index (χ1v) is 8.65. The van der Waals surface area contributed by atoms with Gasteiger partial charge in [-0.15, -0.1) is 0 Å². The molecule has 2 aliphatic carbocycles. The van der Waals surface area contributed by atoms with Crippen molar-refractivity contribution in [3.63, 3.8) is 0 Å². The molecule has 2 nitrogen and oxygen atoms in total. The van der Waals surface area contributed by atoms with Crippen molar-refractivity contribution < 1.29 is 4.79 Å². The van der Waals surface area contributed by atoms with Crippen LogP contribution >= 0.6 is 0 Å². The van der Waals surface area contributed by atoms with E-state index in [1.165, 1.54) is 36.8 Å². The number of isocyanates is 1. The van der Waals surface area contributed by atoms with Crippen LogP contribution in [0.15, 0.2) is 29.3 Å². The summed E-state index contributed by atoms with van der Waals surface area (Å²) in [7, 11) is 0. The monoisotopic (exact) mass is 297 g/mol. The van der Waals surface area contributed by atoms with Crippen LogP contribution in [0.1, 0.15) is 76.3 Å². The Kier molecular flexibility index (Phi) is 3.99. The quantitative estimate of drug-likeness (QED) is 0.547. The van der Waals surface area contributed by atoms with Gasteiger partial charge >= 0.3 is 0 Å². The van der Waals surface area contributed by atoms with Gasteiger partial charge in [0.2, 0.25) is 6.08 Å². The van der Waals surface area contributed by atoms with Gasteiger partial charge in [-0.25, -0.2) is 4.79 Å². The zero-order valence-electron chi connectivity index (χ0n) is 14.1. The Labute approximate surface area is 134 Å². The van der Waals surface area contributed by atoms with Gasteiger partial charge in [0.25, 0.3) is 0 Å². The molecule has 0 bridgehead atoms. The first kappa shape index (κ1) is 15.5. The molecule has 22 heavy (non-hydrogen) atoms. The summed E-state index contributed by atoms with van der Waals surface area (Å²) in [5, 5.41) is 0. The van der Waals surface area contributed by atoms with Gasteiger partial charge < -0.3 is 0 Å². The van der Waals surface area contributed by atoms with E-state index in [1.54, 1.807) is 6.08 Å². The van der Waals surface area contributed by atoms with Gasteiger partial charge in [-0.2, -0.15) is 4.99 Å². The summed E-state index contributed by atoms with van der Waals surface area (Å²) in [6.45, 7) is 7.10. The summed E-state index contributed by atoms with van der Waals surface area (Å²) in [5.41, 5.74) is 2.91. The molecule has 1 aromatic rings. The van der Waals surface area contributed by atoms with Crippen molar-refractivity contribution in [3.8, 4) is 0 Å². The lowest BCUT2D eigenvalue weighted by atomic mass is 9.68. The maximum Gasteiger partial charge on any atom is 0.235 e. The van der Waals surface area contributed by atoms with Crippen LogP contribution in [0.5, 0.6) is 0 Å². The zero-order valence-corrected chi connectivity index (χ0v) is 14.1. The Morgan fingerprint density at radius 1 is 1.09 bits per heavy atom. The summed E-state index contributed by atoms with van der Waals surface area (Å²) in [6.07, 6.45) is 8.95. The predicted molar refractivity (Wildman–Crippen MR) is 89.6 cm³/mol. The number of nitrogens with zero attached hydrogens (tertiary/aromatic N) is 1. The lowest BCUT2D eigenvalue weighted by molar-refractivity contribution is 0.169. The van der Waals surface area contributed by atoms with Crippen LogP contribution < -0.4 is 0 Å². The fourth-order valence-electron chi connectivity index (χ4n) is 4.19. The van der Waals surface area contributed by atoms with Crippen LogP contribution in [0, 0.1) is 11.3 Å². The highest BCUT2D eigenvalue weighted by Gasteiger charge is 2.46.